The SMILES string of the molecule is Cc1cnc(-c2ccncc2)n1C1CCN(C(=O)Nc2ccc3c(c2)OCCO3)C1. The number of likely N-dealkylation sites (tertiary alicyclic amines) is 1. The molecule has 1 aromatic carbocycles. The molecule has 0 spiro atoms. The van der Waals surface area contributed by atoms with Gasteiger partial charge >= 0.3 is 6.03 Å². The smallest absolute Gasteiger partial charge is 0.321 e. The van der Waals surface area contributed by atoms with Crippen molar-refractivity contribution in [2.75, 3.05) is 31.6 Å². The summed E-state index contributed by atoms with van der Waals surface area (Å²) in [5, 5.41) is 2.98. The second kappa shape index (κ2) is 7.70. The van der Waals surface area contributed by atoms with E-state index in [9.17, 15) is 4.79 Å². The molecule has 0 aliphatic carbocycles. The Morgan fingerprint density at radius 1 is 1.13 bits per heavy atom. The van der Waals surface area contributed by atoms with E-state index >= 15 is 0 Å². The number of hydrogen-bond acceptors (Lipinski definition) is 5. The lowest BCUT2D eigenvalue weighted by Gasteiger charge is -2.21. The Morgan fingerprint density at radius 2 is 1.93 bits per heavy atom. The van der Waals surface area contributed by atoms with Gasteiger partial charge in [0.15, 0.2) is 11.5 Å². The Labute approximate surface area is 174 Å². The van der Waals surface area contributed by atoms with Gasteiger partial charge < -0.3 is 24.3 Å². The Morgan fingerprint density at radius 3 is 2.77 bits per heavy atom. The number of benzene rings is 1. The molecular formula is C22H23N5O3. The van der Waals surface area contributed by atoms with Crippen LogP contribution < -0.4 is 14.8 Å². The maximum absolute atomic E-state index is 12.8. The van der Waals surface area contributed by atoms with Crippen molar-refractivity contribution in [3.63, 3.8) is 0 Å². The van der Waals surface area contributed by atoms with Crippen molar-refractivity contribution in [3.05, 3.63) is 54.6 Å². The van der Waals surface area contributed by atoms with E-state index < -0.39 is 0 Å². The first-order chi connectivity index (χ1) is 14.7. The standard InChI is InChI=1S/C22H23N5O3/c1-15-13-24-21(16-4-7-23-8-5-16)27(15)18-6-9-26(14-18)22(28)25-17-2-3-19-20(12-17)30-11-10-29-19/h2-5,7-8,12-13,18H,6,9-11,14H2,1H3,(H,25,28). The van der Waals surface area contributed by atoms with Crippen molar-refractivity contribution < 1.29 is 14.3 Å². The summed E-state index contributed by atoms with van der Waals surface area (Å²) in [4.78, 5) is 23.4. The van der Waals surface area contributed by atoms with Gasteiger partial charge in [-0.05, 0) is 37.6 Å². The number of nitrogens with one attached hydrogen (secondary N) is 1. The zero-order chi connectivity index (χ0) is 20.5. The summed E-state index contributed by atoms with van der Waals surface area (Å²) in [5.41, 5.74) is 2.81. The number of aromatic nitrogens is 3. The van der Waals surface area contributed by atoms with Gasteiger partial charge in [0.05, 0.1) is 6.04 Å². The van der Waals surface area contributed by atoms with Gasteiger partial charge in [-0.1, -0.05) is 0 Å². The summed E-state index contributed by atoms with van der Waals surface area (Å²) in [5.74, 6) is 2.28. The highest BCUT2D eigenvalue weighted by Crippen LogP contribution is 2.33. The van der Waals surface area contributed by atoms with Crippen LogP contribution in [0.1, 0.15) is 18.2 Å². The average Bonchev–Trinajstić information content (AvgIpc) is 3.41. The molecule has 2 aromatic heterocycles. The van der Waals surface area contributed by atoms with Gasteiger partial charge in [-0.25, -0.2) is 9.78 Å². The lowest BCUT2D eigenvalue weighted by molar-refractivity contribution is 0.171. The Hall–Kier alpha value is -3.55. The molecule has 154 valence electrons. The normalized spacial score (nSPS) is 17.8. The van der Waals surface area contributed by atoms with Crippen LogP contribution in [0.4, 0.5) is 10.5 Å². The minimum Gasteiger partial charge on any atom is -0.486 e. The van der Waals surface area contributed by atoms with E-state index in [1.165, 1.54) is 0 Å². The Kier molecular flexibility index (Phi) is 4.74. The molecule has 1 saturated heterocycles. The fraction of sp³-hybridized carbons (Fsp3) is 0.318. The van der Waals surface area contributed by atoms with Gasteiger partial charge in [-0.2, -0.15) is 0 Å². The number of imidazole rings is 1. The van der Waals surface area contributed by atoms with Crippen LogP contribution in [0, 0.1) is 6.92 Å². The lowest BCUT2D eigenvalue weighted by Crippen LogP contribution is -2.33. The molecular weight excluding hydrogens is 382 g/mol. The van der Waals surface area contributed by atoms with E-state index in [1.807, 2.05) is 41.4 Å². The van der Waals surface area contributed by atoms with Gasteiger partial charge in [0.2, 0.25) is 0 Å². The summed E-state index contributed by atoms with van der Waals surface area (Å²) >= 11 is 0. The number of pyridine rings is 1. The maximum Gasteiger partial charge on any atom is 0.321 e. The molecule has 8 heteroatoms. The van der Waals surface area contributed by atoms with Crippen LogP contribution in [-0.2, 0) is 0 Å². The highest BCUT2D eigenvalue weighted by Gasteiger charge is 2.30. The number of ether oxygens (including phenoxy) is 2. The summed E-state index contributed by atoms with van der Waals surface area (Å²) in [7, 11) is 0. The molecule has 8 nitrogen and oxygen atoms in total. The van der Waals surface area contributed by atoms with E-state index in [1.54, 1.807) is 12.4 Å². The topological polar surface area (TPSA) is 81.5 Å². The zero-order valence-electron chi connectivity index (χ0n) is 16.7. The summed E-state index contributed by atoms with van der Waals surface area (Å²) in [6.45, 7) is 4.43. The van der Waals surface area contributed by atoms with E-state index in [4.69, 9.17) is 9.47 Å². The van der Waals surface area contributed by atoms with Crippen LogP contribution in [0.5, 0.6) is 11.5 Å². The number of nitrogens with zero attached hydrogens (tertiary/aromatic N) is 4. The minimum absolute atomic E-state index is 0.114. The average molecular weight is 405 g/mol. The first-order valence-electron chi connectivity index (χ1n) is 10.1. The van der Waals surface area contributed by atoms with Crippen molar-refractivity contribution >= 4 is 11.7 Å². The molecule has 2 aliphatic heterocycles. The number of anilines is 1. The second-order valence-electron chi connectivity index (χ2n) is 7.51. The number of urea groups is 1. The molecule has 1 atom stereocenters. The molecule has 1 N–H and O–H groups in total. The van der Waals surface area contributed by atoms with Crippen LogP contribution in [0.2, 0.25) is 0 Å². The molecule has 0 radical (unpaired) electrons. The van der Waals surface area contributed by atoms with Crippen molar-refractivity contribution in [1.82, 2.24) is 19.4 Å². The molecule has 1 fully saturated rings. The number of carbonyl (C=O) groups is 1. The van der Waals surface area contributed by atoms with Crippen LogP contribution in [0.15, 0.2) is 48.9 Å². The van der Waals surface area contributed by atoms with Gasteiger partial charge in [0, 0.05) is 54.7 Å². The predicted octanol–water partition coefficient (Wildman–Crippen LogP) is 3.50. The van der Waals surface area contributed by atoms with E-state index in [0.717, 1.165) is 23.5 Å². The Bertz CT molecular complexity index is 1070. The molecule has 4 heterocycles. The first-order valence-corrected chi connectivity index (χ1v) is 10.1. The van der Waals surface area contributed by atoms with Gasteiger partial charge in [0.1, 0.15) is 19.0 Å². The van der Waals surface area contributed by atoms with Gasteiger partial charge in [0.25, 0.3) is 0 Å². The third-order valence-corrected chi connectivity index (χ3v) is 5.53. The minimum atomic E-state index is -0.114. The number of fused-ring (bicyclic) bond motifs is 1. The third-order valence-electron chi connectivity index (χ3n) is 5.53. The molecule has 30 heavy (non-hydrogen) atoms. The van der Waals surface area contributed by atoms with Crippen molar-refractivity contribution in [1.29, 1.82) is 0 Å². The fourth-order valence-electron chi connectivity index (χ4n) is 4.08. The largest absolute Gasteiger partial charge is 0.486 e. The Balaban J connectivity index is 1.30. The van der Waals surface area contributed by atoms with Gasteiger partial charge in [-0.3, -0.25) is 4.98 Å². The monoisotopic (exact) mass is 405 g/mol. The summed E-state index contributed by atoms with van der Waals surface area (Å²) < 4.78 is 13.4. The quantitative estimate of drug-likeness (QED) is 0.721. The maximum atomic E-state index is 12.8. The molecule has 3 aromatic rings. The van der Waals surface area contributed by atoms with Crippen LogP contribution in [0.3, 0.4) is 0 Å². The van der Waals surface area contributed by atoms with Gasteiger partial charge in [-0.15, -0.1) is 0 Å². The summed E-state index contributed by atoms with van der Waals surface area (Å²) in [6, 6.07) is 9.45. The van der Waals surface area contributed by atoms with Crippen LogP contribution in [-0.4, -0.2) is 51.8 Å². The van der Waals surface area contributed by atoms with Crippen molar-refractivity contribution in [2.45, 2.75) is 19.4 Å². The number of aryl methyl sites for hydroxylation is 1. The van der Waals surface area contributed by atoms with E-state index in [0.29, 0.717) is 43.5 Å². The molecule has 0 bridgehead atoms. The van der Waals surface area contributed by atoms with Crippen molar-refractivity contribution in [3.8, 4) is 22.9 Å². The molecule has 2 amide bonds. The van der Waals surface area contributed by atoms with Crippen LogP contribution in [0.25, 0.3) is 11.4 Å². The molecule has 1 unspecified atom stereocenters. The highest BCUT2D eigenvalue weighted by atomic mass is 16.6. The first kappa shape index (κ1) is 18.5. The molecule has 0 saturated carbocycles. The van der Waals surface area contributed by atoms with E-state index in [-0.39, 0.29) is 12.1 Å². The van der Waals surface area contributed by atoms with Crippen molar-refractivity contribution in [2.24, 2.45) is 0 Å². The zero-order valence-corrected chi connectivity index (χ0v) is 16.7. The summed E-state index contributed by atoms with van der Waals surface area (Å²) in [6.07, 6.45) is 6.30. The lowest BCUT2D eigenvalue weighted by atomic mass is 10.2. The predicted molar refractivity (Wildman–Crippen MR) is 112 cm³/mol. The number of hydrogen-bond donors (Lipinski definition) is 1. The molecule has 5 rings (SSSR count). The highest BCUT2D eigenvalue weighted by molar-refractivity contribution is 5.90. The van der Waals surface area contributed by atoms with Crippen LogP contribution >= 0.6 is 0 Å². The third kappa shape index (κ3) is 3.45. The number of carbonyl (C=O) groups excluding carboxylic acids is 1. The number of rotatable bonds is 3. The second-order valence-corrected chi connectivity index (χ2v) is 7.51. The fourth-order valence-corrected chi connectivity index (χ4v) is 4.08. The number of amides is 2. The van der Waals surface area contributed by atoms with E-state index in [2.05, 4.69) is 26.8 Å². The molecule has 2 aliphatic rings.